The molecule has 0 aliphatic carbocycles. The van der Waals surface area contributed by atoms with Crippen LogP contribution in [0.15, 0.2) is 40.9 Å². The summed E-state index contributed by atoms with van der Waals surface area (Å²) in [7, 11) is 0. The van der Waals surface area contributed by atoms with E-state index in [0.717, 1.165) is 34.6 Å². The molecule has 0 fully saturated rings. The summed E-state index contributed by atoms with van der Waals surface area (Å²) in [5.74, 6) is 1.61. The van der Waals surface area contributed by atoms with Crippen LogP contribution in [0.5, 0.6) is 11.5 Å². The van der Waals surface area contributed by atoms with Crippen molar-refractivity contribution < 1.29 is 14.2 Å². The summed E-state index contributed by atoms with van der Waals surface area (Å²) >= 11 is 3.58. The highest BCUT2D eigenvalue weighted by atomic mass is 79.9. The molecule has 0 aromatic heterocycles. The Morgan fingerprint density at radius 2 is 1.96 bits per heavy atom. The number of anilines is 2. The molecule has 23 heavy (non-hydrogen) atoms. The lowest BCUT2D eigenvalue weighted by Crippen LogP contribution is -2.29. The highest BCUT2D eigenvalue weighted by Crippen LogP contribution is 2.39. The fourth-order valence-electron chi connectivity index (χ4n) is 3.14. The van der Waals surface area contributed by atoms with Crippen LogP contribution in [0.3, 0.4) is 0 Å². The first-order chi connectivity index (χ1) is 11.2. The molecule has 0 saturated heterocycles. The summed E-state index contributed by atoms with van der Waals surface area (Å²) in [5, 5.41) is 0. The molecule has 1 atom stereocenters. The SMILES string of the molecule is CC1Cc2cc(Br)ccc2N(c2ccc3c(c2)OCO3)CCO1. The minimum Gasteiger partial charge on any atom is -0.454 e. The van der Waals surface area contributed by atoms with Gasteiger partial charge < -0.3 is 19.1 Å². The van der Waals surface area contributed by atoms with Crippen LogP contribution in [-0.2, 0) is 11.2 Å². The standard InChI is InChI=1S/C18H18BrNO3/c1-12-8-13-9-14(19)2-4-16(13)20(6-7-21-12)15-3-5-17-18(10-15)23-11-22-17/h2-5,9-10,12H,6-8,11H2,1H3. The second-order valence-electron chi connectivity index (χ2n) is 5.85. The van der Waals surface area contributed by atoms with Gasteiger partial charge in [-0.15, -0.1) is 0 Å². The van der Waals surface area contributed by atoms with E-state index in [1.165, 1.54) is 11.3 Å². The van der Waals surface area contributed by atoms with E-state index in [1.807, 2.05) is 12.1 Å². The Balaban J connectivity index is 1.77. The summed E-state index contributed by atoms with van der Waals surface area (Å²) in [4.78, 5) is 2.29. The third-order valence-electron chi connectivity index (χ3n) is 4.22. The quantitative estimate of drug-likeness (QED) is 0.744. The highest BCUT2D eigenvalue weighted by Gasteiger charge is 2.21. The zero-order valence-electron chi connectivity index (χ0n) is 12.9. The van der Waals surface area contributed by atoms with E-state index in [2.05, 4.69) is 52.0 Å². The van der Waals surface area contributed by atoms with Crippen molar-refractivity contribution in [1.29, 1.82) is 0 Å². The van der Waals surface area contributed by atoms with Crippen LogP contribution in [0.2, 0.25) is 0 Å². The van der Waals surface area contributed by atoms with Crippen molar-refractivity contribution in [3.63, 3.8) is 0 Å². The first-order valence-electron chi connectivity index (χ1n) is 7.78. The number of ether oxygens (including phenoxy) is 3. The molecular formula is C18H18BrNO3. The van der Waals surface area contributed by atoms with Crippen molar-refractivity contribution in [3.8, 4) is 11.5 Å². The number of hydrogen-bond donors (Lipinski definition) is 0. The second-order valence-corrected chi connectivity index (χ2v) is 6.76. The predicted molar refractivity (Wildman–Crippen MR) is 92.8 cm³/mol. The van der Waals surface area contributed by atoms with Gasteiger partial charge in [-0.05, 0) is 42.8 Å². The molecular weight excluding hydrogens is 358 g/mol. The van der Waals surface area contributed by atoms with Gasteiger partial charge >= 0.3 is 0 Å². The van der Waals surface area contributed by atoms with Gasteiger partial charge in [-0.2, -0.15) is 0 Å². The van der Waals surface area contributed by atoms with Gasteiger partial charge in [-0.1, -0.05) is 15.9 Å². The molecule has 0 radical (unpaired) electrons. The molecule has 0 amide bonds. The van der Waals surface area contributed by atoms with Crippen LogP contribution in [0.4, 0.5) is 11.4 Å². The average Bonchev–Trinajstić information content (AvgIpc) is 2.98. The molecule has 1 unspecified atom stereocenters. The lowest BCUT2D eigenvalue weighted by molar-refractivity contribution is 0.0703. The number of rotatable bonds is 1. The monoisotopic (exact) mass is 375 g/mol. The molecule has 2 aromatic rings. The van der Waals surface area contributed by atoms with Gasteiger partial charge in [0.25, 0.3) is 0 Å². The van der Waals surface area contributed by atoms with Gasteiger partial charge in [0.15, 0.2) is 11.5 Å². The van der Waals surface area contributed by atoms with Crippen molar-refractivity contribution in [2.24, 2.45) is 0 Å². The third kappa shape index (κ3) is 2.91. The van der Waals surface area contributed by atoms with Crippen molar-refractivity contribution >= 4 is 27.3 Å². The Morgan fingerprint density at radius 3 is 2.87 bits per heavy atom. The van der Waals surface area contributed by atoms with Gasteiger partial charge in [0, 0.05) is 34.9 Å². The van der Waals surface area contributed by atoms with E-state index in [0.29, 0.717) is 13.4 Å². The largest absolute Gasteiger partial charge is 0.454 e. The molecule has 0 spiro atoms. The fraction of sp³-hybridized carbons (Fsp3) is 0.333. The minimum absolute atomic E-state index is 0.224. The van der Waals surface area contributed by atoms with Crippen LogP contribution >= 0.6 is 15.9 Å². The number of hydrogen-bond acceptors (Lipinski definition) is 4. The molecule has 2 aromatic carbocycles. The van der Waals surface area contributed by atoms with Gasteiger partial charge in [0.2, 0.25) is 6.79 Å². The summed E-state index contributed by atoms with van der Waals surface area (Å²) in [6.07, 6.45) is 1.12. The maximum atomic E-state index is 5.91. The van der Waals surface area contributed by atoms with E-state index in [9.17, 15) is 0 Å². The molecule has 4 nitrogen and oxygen atoms in total. The first-order valence-corrected chi connectivity index (χ1v) is 8.57. The van der Waals surface area contributed by atoms with Crippen LogP contribution < -0.4 is 14.4 Å². The van der Waals surface area contributed by atoms with Crippen molar-refractivity contribution in [2.75, 3.05) is 24.8 Å². The lowest BCUT2D eigenvalue weighted by Gasteiger charge is -2.31. The van der Waals surface area contributed by atoms with E-state index in [1.54, 1.807) is 0 Å². The van der Waals surface area contributed by atoms with Crippen LogP contribution in [0.25, 0.3) is 0 Å². The van der Waals surface area contributed by atoms with Crippen LogP contribution in [0, 0.1) is 0 Å². The zero-order chi connectivity index (χ0) is 15.8. The van der Waals surface area contributed by atoms with Gasteiger partial charge in [-0.25, -0.2) is 0 Å². The Hall–Kier alpha value is -1.72. The van der Waals surface area contributed by atoms with Crippen molar-refractivity contribution in [1.82, 2.24) is 0 Å². The lowest BCUT2D eigenvalue weighted by atomic mass is 10.0. The summed E-state index contributed by atoms with van der Waals surface area (Å²) in [6, 6.07) is 12.5. The molecule has 120 valence electrons. The predicted octanol–water partition coefficient (Wildman–Crippen LogP) is 4.28. The van der Waals surface area contributed by atoms with Crippen LogP contribution in [0.1, 0.15) is 12.5 Å². The number of benzene rings is 2. The first kappa shape index (κ1) is 14.8. The maximum absolute atomic E-state index is 5.91. The second kappa shape index (κ2) is 6.06. The molecule has 2 aliphatic heterocycles. The smallest absolute Gasteiger partial charge is 0.231 e. The Bertz CT molecular complexity index is 734. The normalized spacial score (nSPS) is 19.9. The van der Waals surface area contributed by atoms with E-state index >= 15 is 0 Å². The Labute approximate surface area is 144 Å². The molecule has 0 bridgehead atoms. The van der Waals surface area contributed by atoms with E-state index in [4.69, 9.17) is 14.2 Å². The molecule has 0 saturated carbocycles. The zero-order valence-corrected chi connectivity index (χ0v) is 14.5. The van der Waals surface area contributed by atoms with Crippen molar-refractivity contribution in [2.45, 2.75) is 19.4 Å². The van der Waals surface area contributed by atoms with Crippen LogP contribution in [-0.4, -0.2) is 26.0 Å². The Kier molecular flexibility index (Phi) is 3.91. The minimum atomic E-state index is 0.224. The van der Waals surface area contributed by atoms with E-state index < -0.39 is 0 Å². The molecule has 0 N–H and O–H groups in total. The highest BCUT2D eigenvalue weighted by molar-refractivity contribution is 9.10. The Morgan fingerprint density at radius 1 is 1.09 bits per heavy atom. The summed E-state index contributed by atoms with van der Waals surface area (Å²) in [5.41, 5.74) is 3.60. The molecule has 5 heteroatoms. The maximum Gasteiger partial charge on any atom is 0.231 e. The number of nitrogens with zero attached hydrogens (tertiary/aromatic N) is 1. The molecule has 4 rings (SSSR count). The van der Waals surface area contributed by atoms with Crippen molar-refractivity contribution in [3.05, 3.63) is 46.4 Å². The molecule has 2 heterocycles. The molecule has 2 aliphatic rings. The number of fused-ring (bicyclic) bond motifs is 2. The topological polar surface area (TPSA) is 30.9 Å². The van der Waals surface area contributed by atoms with Gasteiger partial charge in [0.05, 0.1) is 12.7 Å². The average molecular weight is 376 g/mol. The van der Waals surface area contributed by atoms with Gasteiger partial charge in [0.1, 0.15) is 0 Å². The number of halogens is 1. The third-order valence-corrected chi connectivity index (χ3v) is 4.72. The van der Waals surface area contributed by atoms with E-state index in [-0.39, 0.29) is 6.10 Å². The van der Waals surface area contributed by atoms with Gasteiger partial charge in [-0.3, -0.25) is 0 Å². The summed E-state index contributed by atoms with van der Waals surface area (Å²) < 4.78 is 17.9. The fourth-order valence-corrected chi connectivity index (χ4v) is 3.54. The summed E-state index contributed by atoms with van der Waals surface area (Å²) in [6.45, 7) is 3.92.